The Hall–Kier alpha value is -2.20. The largest absolute Gasteiger partial charge is 0.456 e. The molecule has 0 saturated carbocycles. The first-order valence-corrected chi connectivity index (χ1v) is 10.4. The van der Waals surface area contributed by atoms with Gasteiger partial charge in [-0.2, -0.15) is 0 Å². The number of hydrogen-bond acceptors (Lipinski definition) is 4. The maximum absolute atomic E-state index is 12.0. The van der Waals surface area contributed by atoms with E-state index in [-0.39, 0.29) is 18.1 Å². The number of aromatic nitrogens is 1. The highest BCUT2D eigenvalue weighted by Gasteiger charge is 2.44. The molecule has 4 heterocycles. The summed E-state index contributed by atoms with van der Waals surface area (Å²) >= 11 is 0. The SMILES string of the molecule is C=CC1CN2CCC1CC2[C@H](OC(C)=O)c1ccnc2ccc(C(C)C)cc12. The molecule has 0 N–H and O–H groups in total. The predicted octanol–water partition coefficient (Wildman–Crippen LogP) is 4.86. The van der Waals surface area contributed by atoms with Gasteiger partial charge >= 0.3 is 5.97 Å². The zero-order valence-electron chi connectivity index (χ0n) is 17.1. The van der Waals surface area contributed by atoms with Gasteiger partial charge in [-0.15, -0.1) is 6.58 Å². The third-order valence-electron chi connectivity index (χ3n) is 6.57. The van der Waals surface area contributed by atoms with Crippen molar-refractivity contribution < 1.29 is 9.53 Å². The quantitative estimate of drug-likeness (QED) is 0.550. The molecule has 0 spiro atoms. The van der Waals surface area contributed by atoms with Gasteiger partial charge in [0.2, 0.25) is 0 Å². The molecule has 0 amide bonds. The number of carbonyl (C=O) groups is 1. The van der Waals surface area contributed by atoms with Crippen molar-refractivity contribution in [3.63, 3.8) is 0 Å². The first kappa shape index (κ1) is 19.1. The summed E-state index contributed by atoms with van der Waals surface area (Å²) < 4.78 is 5.97. The zero-order valence-corrected chi connectivity index (χ0v) is 17.1. The van der Waals surface area contributed by atoms with E-state index in [1.54, 1.807) is 0 Å². The average molecular weight is 379 g/mol. The molecule has 3 aliphatic rings. The number of rotatable bonds is 5. The highest BCUT2D eigenvalue weighted by Crippen LogP contribution is 2.43. The summed E-state index contributed by atoms with van der Waals surface area (Å²) in [5.74, 6) is 1.39. The molecule has 0 radical (unpaired) electrons. The summed E-state index contributed by atoms with van der Waals surface area (Å²) in [6.07, 6.45) is 5.92. The lowest BCUT2D eigenvalue weighted by Gasteiger charge is -2.51. The Bertz CT molecular complexity index is 891. The Morgan fingerprint density at radius 2 is 2.18 bits per heavy atom. The molecule has 0 aliphatic carbocycles. The van der Waals surface area contributed by atoms with Gasteiger partial charge in [-0.05, 0) is 60.9 Å². The molecule has 3 fully saturated rings. The monoisotopic (exact) mass is 378 g/mol. The first-order valence-electron chi connectivity index (χ1n) is 10.4. The van der Waals surface area contributed by atoms with Crippen LogP contribution in [0.5, 0.6) is 0 Å². The topological polar surface area (TPSA) is 42.4 Å². The van der Waals surface area contributed by atoms with Gasteiger partial charge in [0.1, 0.15) is 6.10 Å². The third-order valence-corrected chi connectivity index (χ3v) is 6.57. The van der Waals surface area contributed by atoms with Gasteiger partial charge in [-0.1, -0.05) is 26.0 Å². The minimum Gasteiger partial charge on any atom is -0.456 e. The lowest BCUT2D eigenvalue weighted by atomic mass is 9.73. The van der Waals surface area contributed by atoms with Gasteiger partial charge in [0, 0.05) is 30.6 Å². The summed E-state index contributed by atoms with van der Waals surface area (Å²) in [4.78, 5) is 19.1. The summed E-state index contributed by atoms with van der Waals surface area (Å²) in [5.41, 5.74) is 3.31. The van der Waals surface area contributed by atoms with Crippen LogP contribution in [-0.2, 0) is 9.53 Å². The second-order valence-corrected chi connectivity index (χ2v) is 8.61. The molecular formula is C24H30N2O2. The number of hydrogen-bond donors (Lipinski definition) is 0. The van der Waals surface area contributed by atoms with Crippen molar-refractivity contribution in [3.05, 3.63) is 54.2 Å². The molecule has 148 valence electrons. The van der Waals surface area contributed by atoms with E-state index in [4.69, 9.17) is 4.74 Å². The number of fused-ring (bicyclic) bond motifs is 4. The molecule has 2 bridgehead atoms. The molecule has 28 heavy (non-hydrogen) atoms. The molecule has 1 aromatic carbocycles. The number of piperidine rings is 3. The predicted molar refractivity (Wildman–Crippen MR) is 112 cm³/mol. The van der Waals surface area contributed by atoms with Crippen molar-refractivity contribution >= 4 is 16.9 Å². The summed E-state index contributed by atoms with van der Waals surface area (Å²) in [7, 11) is 0. The fourth-order valence-corrected chi connectivity index (χ4v) is 5.01. The Morgan fingerprint density at radius 1 is 1.36 bits per heavy atom. The van der Waals surface area contributed by atoms with Crippen LogP contribution < -0.4 is 0 Å². The summed E-state index contributed by atoms with van der Waals surface area (Å²) in [6, 6.07) is 8.70. The number of benzene rings is 1. The smallest absolute Gasteiger partial charge is 0.303 e. The van der Waals surface area contributed by atoms with Gasteiger partial charge in [-0.25, -0.2) is 0 Å². The van der Waals surface area contributed by atoms with Crippen LogP contribution in [0.1, 0.15) is 56.8 Å². The molecule has 4 nitrogen and oxygen atoms in total. The normalized spacial score (nSPS) is 27.7. The second kappa shape index (κ2) is 7.67. The Labute approximate surface area is 167 Å². The van der Waals surface area contributed by atoms with Crippen LogP contribution >= 0.6 is 0 Å². The summed E-state index contributed by atoms with van der Waals surface area (Å²) in [6.45, 7) is 12.0. The van der Waals surface area contributed by atoms with Crippen LogP contribution in [0.15, 0.2) is 43.1 Å². The highest BCUT2D eigenvalue weighted by molar-refractivity contribution is 5.83. The van der Waals surface area contributed by atoms with Gasteiger partial charge < -0.3 is 4.74 Å². The van der Waals surface area contributed by atoms with Crippen LogP contribution in [0.2, 0.25) is 0 Å². The fourth-order valence-electron chi connectivity index (χ4n) is 5.01. The Balaban J connectivity index is 1.77. The van der Waals surface area contributed by atoms with Crippen molar-refractivity contribution in [3.8, 4) is 0 Å². The molecular weight excluding hydrogens is 348 g/mol. The van der Waals surface area contributed by atoms with Gasteiger partial charge in [0.05, 0.1) is 11.6 Å². The zero-order chi connectivity index (χ0) is 19.8. The number of nitrogens with zero attached hydrogens (tertiary/aromatic N) is 2. The molecule has 1 aromatic heterocycles. The van der Waals surface area contributed by atoms with E-state index in [2.05, 4.69) is 54.6 Å². The van der Waals surface area contributed by atoms with E-state index in [0.717, 1.165) is 36.0 Å². The van der Waals surface area contributed by atoms with Crippen molar-refractivity contribution in [1.82, 2.24) is 9.88 Å². The molecule has 3 aliphatic heterocycles. The lowest BCUT2D eigenvalue weighted by molar-refractivity contribution is -0.154. The molecule has 2 aromatic rings. The van der Waals surface area contributed by atoms with Gasteiger partial charge in [0.15, 0.2) is 0 Å². The van der Waals surface area contributed by atoms with Crippen LogP contribution in [0.25, 0.3) is 10.9 Å². The van der Waals surface area contributed by atoms with E-state index >= 15 is 0 Å². The Kier molecular flexibility index (Phi) is 5.24. The van der Waals surface area contributed by atoms with E-state index in [9.17, 15) is 4.79 Å². The number of ether oxygens (including phenoxy) is 1. The van der Waals surface area contributed by atoms with Crippen LogP contribution in [0, 0.1) is 11.8 Å². The standard InChI is InChI=1S/C24H30N2O2/c1-5-17-14-26-11-9-19(17)13-23(26)24(28-16(4)27)20-8-10-25-22-7-6-18(15(2)3)12-21(20)22/h5-8,10,12,15,17,19,23-24H,1,9,11,13-14H2,2-4H3/t17?,19?,23?,24-/m1/s1. The molecule has 5 atom stereocenters. The average Bonchev–Trinajstić information content (AvgIpc) is 2.71. The lowest BCUT2D eigenvalue weighted by Crippen LogP contribution is -2.55. The van der Waals surface area contributed by atoms with Gasteiger partial charge in [-0.3, -0.25) is 14.7 Å². The van der Waals surface area contributed by atoms with Gasteiger partial charge in [0.25, 0.3) is 0 Å². The van der Waals surface area contributed by atoms with Crippen molar-refractivity contribution in [1.29, 1.82) is 0 Å². The fraction of sp³-hybridized carbons (Fsp3) is 0.500. The number of carbonyl (C=O) groups excluding carboxylic acids is 1. The maximum atomic E-state index is 12.0. The van der Waals surface area contributed by atoms with Crippen molar-refractivity contribution in [2.24, 2.45) is 11.8 Å². The van der Waals surface area contributed by atoms with E-state index < -0.39 is 0 Å². The van der Waals surface area contributed by atoms with Crippen LogP contribution in [0.4, 0.5) is 0 Å². The Morgan fingerprint density at radius 3 is 2.82 bits per heavy atom. The maximum Gasteiger partial charge on any atom is 0.303 e. The van der Waals surface area contributed by atoms with Crippen LogP contribution in [-0.4, -0.2) is 35.0 Å². The molecule has 4 heteroatoms. The van der Waals surface area contributed by atoms with Crippen LogP contribution in [0.3, 0.4) is 0 Å². The second-order valence-electron chi connectivity index (χ2n) is 8.61. The first-order chi connectivity index (χ1) is 13.5. The number of esters is 1. The molecule has 3 saturated heterocycles. The molecule has 5 rings (SSSR count). The van der Waals surface area contributed by atoms with Crippen molar-refractivity contribution in [2.75, 3.05) is 13.1 Å². The minimum absolute atomic E-state index is 0.215. The third kappa shape index (κ3) is 3.46. The van der Waals surface area contributed by atoms with Crippen molar-refractivity contribution in [2.45, 2.75) is 51.7 Å². The summed E-state index contributed by atoms with van der Waals surface area (Å²) in [5, 5.41) is 1.10. The number of pyridine rings is 1. The van der Waals surface area contributed by atoms with E-state index in [1.807, 2.05) is 12.3 Å². The minimum atomic E-state index is -0.265. The highest BCUT2D eigenvalue weighted by atomic mass is 16.5. The van der Waals surface area contributed by atoms with E-state index in [1.165, 1.54) is 18.9 Å². The van der Waals surface area contributed by atoms with E-state index in [0.29, 0.717) is 17.8 Å². The molecule has 4 unspecified atom stereocenters.